The van der Waals surface area contributed by atoms with Gasteiger partial charge in [-0.3, -0.25) is 4.79 Å². The minimum atomic E-state index is -0.0492. The summed E-state index contributed by atoms with van der Waals surface area (Å²) in [6.07, 6.45) is 0. The van der Waals surface area contributed by atoms with Gasteiger partial charge in [-0.1, -0.05) is 30.3 Å². The molecule has 1 aliphatic heterocycles. The predicted octanol–water partition coefficient (Wildman–Crippen LogP) is 3.49. The Morgan fingerprint density at radius 2 is 1.81 bits per heavy atom. The van der Waals surface area contributed by atoms with Gasteiger partial charge in [-0.15, -0.1) is 11.8 Å². The van der Waals surface area contributed by atoms with E-state index in [0.29, 0.717) is 13.2 Å². The van der Waals surface area contributed by atoms with Crippen LogP contribution in [0.3, 0.4) is 0 Å². The van der Waals surface area contributed by atoms with E-state index in [1.165, 1.54) is 0 Å². The Bertz CT molecular complexity index is 716. The van der Waals surface area contributed by atoms with Gasteiger partial charge >= 0.3 is 0 Å². The number of nitrogens with zero attached hydrogens (tertiary/aromatic N) is 1. The smallest absolute Gasteiger partial charge is 0.249 e. The molecule has 1 aliphatic rings. The average molecular weight is 373 g/mol. The third-order valence-electron chi connectivity index (χ3n) is 4.21. The van der Waals surface area contributed by atoms with Crippen LogP contribution in [0, 0.1) is 0 Å². The molecule has 0 bridgehead atoms. The molecular weight excluding hydrogens is 350 g/mol. The van der Waals surface area contributed by atoms with Gasteiger partial charge < -0.3 is 19.1 Å². The number of benzene rings is 2. The first-order valence-corrected chi connectivity index (χ1v) is 9.52. The standard InChI is InChI=1S/C20H23NO4S/c1-23-17-10-16(11-18(12-17)24-2)20-21(8-9-26-20)19(22)14-25-13-15-6-4-3-5-7-15/h3-7,10-12,20H,8-9,13-14H2,1-2H3/t20-/m0/s1. The first kappa shape index (κ1) is 18.6. The summed E-state index contributed by atoms with van der Waals surface area (Å²) in [6, 6.07) is 15.6. The molecule has 2 aromatic carbocycles. The van der Waals surface area contributed by atoms with Gasteiger partial charge in [0, 0.05) is 18.4 Å². The summed E-state index contributed by atoms with van der Waals surface area (Å²) in [4.78, 5) is 14.5. The van der Waals surface area contributed by atoms with Crippen LogP contribution >= 0.6 is 11.8 Å². The van der Waals surface area contributed by atoms with Gasteiger partial charge in [0.25, 0.3) is 0 Å². The molecule has 1 atom stereocenters. The Labute approximate surface area is 158 Å². The van der Waals surface area contributed by atoms with Crippen molar-refractivity contribution in [1.29, 1.82) is 0 Å². The number of rotatable bonds is 7. The van der Waals surface area contributed by atoms with Crippen LogP contribution in [-0.2, 0) is 16.1 Å². The Hall–Kier alpha value is -2.18. The molecule has 0 unspecified atom stereocenters. The largest absolute Gasteiger partial charge is 0.497 e. The van der Waals surface area contributed by atoms with Crippen molar-refractivity contribution >= 4 is 17.7 Å². The summed E-state index contributed by atoms with van der Waals surface area (Å²) in [5.41, 5.74) is 2.06. The molecule has 26 heavy (non-hydrogen) atoms. The van der Waals surface area contributed by atoms with Crippen molar-refractivity contribution in [3.8, 4) is 11.5 Å². The van der Waals surface area contributed by atoms with E-state index in [1.54, 1.807) is 26.0 Å². The van der Waals surface area contributed by atoms with E-state index >= 15 is 0 Å². The van der Waals surface area contributed by atoms with Gasteiger partial charge in [-0.2, -0.15) is 0 Å². The van der Waals surface area contributed by atoms with Crippen molar-refractivity contribution in [2.24, 2.45) is 0 Å². The van der Waals surface area contributed by atoms with Crippen molar-refractivity contribution in [3.63, 3.8) is 0 Å². The SMILES string of the molecule is COc1cc(OC)cc([C@@H]2SCCN2C(=O)COCc2ccccc2)c1. The van der Waals surface area contributed by atoms with Crippen LogP contribution in [0.15, 0.2) is 48.5 Å². The maximum absolute atomic E-state index is 12.7. The van der Waals surface area contributed by atoms with E-state index in [0.717, 1.165) is 28.4 Å². The number of hydrogen-bond acceptors (Lipinski definition) is 5. The summed E-state index contributed by atoms with van der Waals surface area (Å²) in [5, 5.41) is -0.0492. The van der Waals surface area contributed by atoms with Gasteiger partial charge in [-0.25, -0.2) is 0 Å². The molecule has 1 fully saturated rings. The highest BCUT2D eigenvalue weighted by atomic mass is 32.2. The maximum Gasteiger partial charge on any atom is 0.249 e. The van der Waals surface area contributed by atoms with Crippen LogP contribution in [0.1, 0.15) is 16.5 Å². The lowest BCUT2D eigenvalue weighted by Gasteiger charge is -2.24. The zero-order valence-corrected chi connectivity index (χ0v) is 15.8. The Kier molecular flexibility index (Phi) is 6.41. The zero-order chi connectivity index (χ0) is 18.4. The van der Waals surface area contributed by atoms with Crippen LogP contribution in [0.5, 0.6) is 11.5 Å². The van der Waals surface area contributed by atoms with Gasteiger partial charge in [0.2, 0.25) is 5.91 Å². The van der Waals surface area contributed by atoms with Gasteiger partial charge in [-0.05, 0) is 23.3 Å². The molecule has 0 radical (unpaired) electrons. The zero-order valence-electron chi connectivity index (χ0n) is 15.0. The summed E-state index contributed by atoms with van der Waals surface area (Å²) in [5.74, 6) is 2.34. The molecule has 0 aromatic heterocycles. The predicted molar refractivity (Wildman–Crippen MR) is 103 cm³/mol. The summed E-state index contributed by atoms with van der Waals surface area (Å²) in [6.45, 7) is 1.22. The van der Waals surface area contributed by atoms with Gasteiger partial charge in [0.05, 0.1) is 20.8 Å². The molecule has 2 aromatic rings. The van der Waals surface area contributed by atoms with Crippen LogP contribution < -0.4 is 9.47 Å². The minimum absolute atomic E-state index is 0.00211. The molecule has 0 N–H and O–H groups in total. The quantitative estimate of drug-likeness (QED) is 0.743. The third kappa shape index (κ3) is 4.51. The van der Waals surface area contributed by atoms with Crippen molar-refractivity contribution in [2.45, 2.75) is 12.0 Å². The molecule has 6 heteroatoms. The number of hydrogen-bond donors (Lipinski definition) is 0. The summed E-state index contributed by atoms with van der Waals surface area (Å²) >= 11 is 1.74. The lowest BCUT2D eigenvalue weighted by molar-refractivity contribution is -0.136. The fourth-order valence-corrected chi connectivity index (χ4v) is 4.14. The van der Waals surface area contributed by atoms with E-state index in [-0.39, 0.29) is 17.9 Å². The minimum Gasteiger partial charge on any atom is -0.497 e. The number of carbonyl (C=O) groups excluding carboxylic acids is 1. The second kappa shape index (κ2) is 8.96. The second-order valence-electron chi connectivity index (χ2n) is 5.93. The highest BCUT2D eigenvalue weighted by Gasteiger charge is 2.31. The van der Waals surface area contributed by atoms with E-state index in [1.807, 2.05) is 53.4 Å². The number of thioether (sulfide) groups is 1. The maximum atomic E-state index is 12.7. The topological polar surface area (TPSA) is 48.0 Å². The van der Waals surface area contributed by atoms with E-state index in [2.05, 4.69) is 0 Å². The molecule has 0 spiro atoms. The summed E-state index contributed by atoms with van der Waals surface area (Å²) < 4.78 is 16.3. The fourth-order valence-electron chi connectivity index (χ4n) is 2.89. The summed E-state index contributed by atoms with van der Waals surface area (Å²) in [7, 11) is 3.25. The normalized spacial score (nSPS) is 16.5. The Balaban J connectivity index is 1.65. The highest BCUT2D eigenvalue weighted by molar-refractivity contribution is 7.99. The monoisotopic (exact) mass is 373 g/mol. The number of ether oxygens (including phenoxy) is 3. The molecule has 1 amide bonds. The fraction of sp³-hybridized carbons (Fsp3) is 0.350. The molecular formula is C20H23NO4S. The Morgan fingerprint density at radius 3 is 2.46 bits per heavy atom. The van der Waals surface area contributed by atoms with Crippen molar-refractivity contribution in [3.05, 3.63) is 59.7 Å². The van der Waals surface area contributed by atoms with Gasteiger partial charge in [0.15, 0.2) is 0 Å². The molecule has 3 rings (SSSR count). The Morgan fingerprint density at radius 1 is 1.12 bits per heavy atom. The molecule has 1 saturated heterocycles. The number of amides is 1. The average Bonchev–Trinajstić information content (AvgIpc) is 3.18. The van der Waals surface area contributed by atoms with Crippen LogP contribution in [-0.4, -0.2) is 43.9 Å². The lowest BCUT2D eigenvalue weighted by Crippen LogP contribution is -2.33. The molecule has 0 saturated carbocycles. The lowest BCUT2D eigenvalue weighted by atomic mass is 10.1. The van der Waals surface area contributed by atoms with E-state index in [4.69, 9.17) is 14.2 Å². The van der Waals surface area contributed by atoms with E-state index in [9.17, 15) is 4.79 Å². The first-order valence-electron chi connectivity index (χ1n) is 8.47. The molecule has 0 aliphatic carbocycles. The molecule has 5 nitrogen and oxygen atoms in total. The third-order valence-corrected chi connectivity index (χ3v) is 5.47. The number of carbonyl (C=O) groups is 1. The molecule has 138 valence electrons. The second-order valence-corrected chi connectivity index (χ2v) is 7.12. The highest BCUT2D eigenvalue weighted by Crippen LogP contribution is 2.40. The van der Waals surface area contributed by atoms with Crippen LogP contribution in [0.4, 0.5) is 0 Å². The van der Waals surface area contributed by atoms with Crippen LogP contribution in [0.2, 0.25) is 0 Å². The molecule has 1 heterocycles. The first-order chi connectivity index (χ1) is 12.7. The van der Waals surface area contributed by atoms with Crippen molar-refractivity contribution in [1.82, 2.24) is 4.90 Å². The van der Waals surface area contributed by atoms with Crippen LogP contribution in [0.25, 0.3) is 0 Å². The van der Waals surface area contributed by atoms with Crippen molar-refractivity contribution < 1.29 is 19.0 Å². The number of methoxy groups -OCH3 is 2. The van der Waals surface area contributed by atoms with Crippen molar-refractivity contribution in [2.75, 3.05) is 33.1 Å². The van der Waals surface area contributed by atoms with E-state index < -0.39 is 0 Å². The van der Waals surface area contributed by atoms with Gasteiger partial charge in [0.1, 0.15) is 23.5 Å².